The smallest absolute Gasteiger partial charge is 0.308 e. The van der Waals surface area contributed by atoms with Crippen molar-refractivity contribution in [2.75, 3.05) is 6.54 Å². The molecule has 0 radical (unpaired) electrons. The topological polar surface area (TPSA) is 57.6 Å². The van der Waals surface area contributed by atoms with Crippen molar-refractivity contribution in [1.82, 2.24) is 4.90 Å². The first-order valence-corrected chi connectivity index (χ1v) is 5.87. The molecule has 1 aromatic carbocycles. The molecule has 0 aromatic heterocycles. The van der Waals surface area contributed by atoms with Gasteiger partial charge in [-0.15, -0.1) is 0 Å². The number of likely N-dealkylation sites (tertiary alicyclic amines) is 1. The number of aliphatic carboxylic acids is 1. The molecule has 0 spiro atoms. The Balaban J connectivity index is 2.22. The summed E-state index contributed by atoms with van der Waals surface area (Å²) >= 11 is 0. The molecular formula is C13H13F2NO3. The Morgan fingerprint density at radius 1 is 1.47 bits per heavy atom. The molecule has 1 N–H and O–H groups in total. The predicted octanol–water partition coefficient (Wildman–Crippen LogP) is 1.96. The number of rotatable bonds is 3. The van der Waals surface area contributed by atoms with Crippen molar-refractivity contribution in [3.05, 3.63) is 35.4 Å². The second-order valence-electron chi connectivity index (χ2n) is 4.63. The zero-order valence-electron chi connectivity index (χ0n) is 10.3. The summed E-state index contributed by atoms with van der Waals surface area (Å²) in [5.74, 6) is -3.56. The van der Waals surface area contributed by atoms with Crippen LogP contribution in [0.25, 0.3) is 0 Å². The molecule has 6 heteroatoms. The summed E-state index contributed by atoms with van der Waals surface area (Å²) in [6, 6.07) is 2.53. The predicted molar refractivity (Wildman–Crippen MR) is 62.2 cm³/mol. The van der Waals surface area contributed by atoms with Gasteiger partial charge in [0.1, 0.15) is 11.6 Å². The van der Waals surface area contributed by atoms with Crippen molar-refractivity contribution in [2.24, 2.45) is 5.92 Å². The summed E-state index contributed by atoms with van der Waals surface area (Å²) in [6.45, 7) is 1.64. The lowest BCUT2D eigenvalue weighted by Gasteiger charge is -2.25. The molecule has 0 saturated carbocycles. The normalized spacial score (nSPS) is 20.7. The fourth-order valence-electron chi connectivity index (χ4n) is 2.28. The van der Waals surface area contributed by atoms with E-state index in [2.05, 4.69) is 0 Å². The van der Waals surface area contributed by atoms with E-state index in [4.69, 9.17) is 5.11 Å². The standard InChI is InChI=1S/C13H13F2NO3/c1-7(10-3-2-9(14)5-11(10)15)16-6-8(13(18)19)4-12(16)17/h2-3,5,7-8H,4,6H2,1H3,(H,18,19). The number of carbonyl (C=O) groups excluding carboxylic acids is 1. The van der Waals surface area contributed by atoms with Crippen molar-refractivity contribution < 1.29 is 23.5 Å². The molecule has 1 aliphatic heterocycles. The summed E-state index contributed by atoms with van der Waals surface area (Å²) in [4.78, 5) is 23.9. The summed E-state index contributed by atoms with van der Waals surface area (Å²) in [7, 11) is 0. The molecule has 102 valence electrons. The number of carboxylic acids is 1. The van der Waals surface area contributed by atoms with E-state index in [0.29, 0.717) is 0 Å². The molecule has 1 heterocycles. The van der Waals surface area contributed by atoms with Gasteiger partial charge in [-0.1, -0.05) is 6.07 Å². The number of amides is 1. The van der Waals surface area contributed by atoms with Crippen LogP contribution in [-0.4, -0.2) is 28.4 Å². The first kappa shape index (κ1) is 13.5. The molecule has 19 heavy (non-hydrogen) atoms. The highest BCUT2D eigenvalue weighted by atomic mass is 19.1. The van der Waals surface area contributed by atoms with E-state index in [1.165, 1.54) is 11.0 Å². The second-order valence-corrected chi connectivity index (χ2v) is 4.63. The summed E-state index contributed by atoms with van der Waals surface area (Å²) in [5.41, 5.74) is 0.181. The first-order chi connectivity index (χ1) is 8.90. The van der Waals surface area contributed by atoms with Crippen LogP contribution in [0.15, 0.2) is 18.2 Å². The van der Waals surface area contributed by atoms with Crippen LogP contribution in [0, 0.1) is 17.6 Å². The molecule has 1 saturated heterocycles. The summed E-state index contributed by atoms with van der Waals surface area (Å²) in [5, 5.41) is 8.89. The lowest BCUT2D eigenvalue weighted by atomic mass is 10.1. The quantitative estimate of drug-likeness (QED) is 0.912. The average molecular weight is 269 g/mol. The number of carboxylic acid groups (broad SMARTS) is 1. The van der Waals surface area contributed by atoms with Gasteiger partial charge in [0.2, 0.25) is 5.91 Å². The molecule has 1 fully saturated rings. The maximum atomic E-state index is 13.6. The third-order valence-electron chi connectivity index (χ3n) is 3.39. The number of nitrogens with zero attached hydrogens (tertiary/aromatic N) is 1. The Labute approximate surface area is 108 Å². The fraction of sp³-hybridized carbons (Fsp3) is 0.385. The van der Waals surface area contributed by atoms with Gasteiger partial charge in [0.05, 0.1) is 12.0 Å². The number of halogens is 2. The summed E-state index contributed by atoms with van der Waals surface area (Å²) < 4.78 is 26.5. The van der Waals surface area contributed by atoms with E-state index in [-0.39, 0.29) is 24.4 Å². The number of hydrogen-bond acceptors (Lipinski definition) is 2. The van der Waals surface area contributed by atoms with Gasteiger partial charge in [-0.05, 0) is 13.0 Å². The zero-order chi connectivity index (χ0) is 14.2. The SMILES string of the molecule is CC(c1ccc(F)cc1F)N1CC(C(=O)O)CC1=O. The van der Waals surface area contributed by atoms with Crippen LogP contribution in [0.5, 0.6) is 0 Å². The molecular weight excluding hydrogens is 256 g/mol. The van der Waals surface area contributed by atoms with Crippen molar-refractivity contribution in [3.63, 3.8) is 0 Å². The van der Waals surface area contributed by atoms with E-state index in [9.17, 15) is 18.4 Å². The Hall–Kier alpha value is -1.98. The van der Waals surface area contributed by atoms with Crippen molar-refractivity contribution in [3.8, 4) is 0 Å². The molecule has 1 amide bonds. The van der Waals surface area contributed by atoms with E-state index >= 15 is 0 Å². The van der Waals surface area contributed by atoms with Crippen LogP contribution in [-0.2, 0) is 9.59 Å². The second kappa shape index (κ2) is 4.95. The highest BCUT2D eigenvalue weighted by Crippen LogP contribution is 2.30. The monoisotopic (exact) mass is 269 g/mol. The Bertz CT molecular complexity index is 533. The minimum atomic E-state index is -1.04. The van der Waals surface area contributed by atoms with Crippen LogP contribution in [0.4, 0.5) is 8.78 Å². The number of hydrogen-bond donors (Lipinski definition) is 1. The highest BCUT2D eigenvalue weighted by molar-refractivity contribution is 5.86. The van der Waals surface area contributed by atoms with Gasteiger partial charge >= 0.3 is 5.97 Å². The van der Waals surface area contributed by atoms with Crippen molar-refractivity contribution in [2.45, 2.75) is 19.4 Å². The number of carbonyl (C=O) groups is 2. The molecule has 2 unspecified atom stereocenters. The molecule has 2 atom stereocenters. The number of benzene rings is 1. The van der Waals surface area contributed by atoms with E-state index in [1.54, 1.807) is 6.92 Å². The van der Waals surface area contributed by atoms with Crippen molar-refractivity contribution in [1.29, 1.82) is 0 Å². The molecule has 0 bridgehead atoms. The largest absolute Gasteiger partial charge is 0.481 e. The minimum Gasteiger partial charge on any atom is -0.481 e. The highest BCUT2D eigenvalue weighted by Gasteiger charge is 2.37. The molecule has 1 aromatic rings. The van der Waals surface area contributed by atoms with Gasteiger partial charge in [-0.3, -0.25) is 9.59 Å². The third kappa shape index (κ3) is 2.57. The van der Waals surface area contributed by atoms with Crippen LogP contribution < -0.4 is 0 Å². The Morgan fingerprint density at radius 2 is 2.16 bits per heavy atom. The first-order valence-electron chi connectivity index (χ1n) is 5.87. The van der Waals surface area contributed by atoms with Crippen LogP contribution >= 0.6 is 0 Å². The lowest BCUT2D eigenvalue weighted by Crippen LogP contribution is -2.29. The van der Waals surface area contributed by atoms with Crippen molar-refractivity contribution >= 4 is 11.9 Å². The van der Waals surface area contributed by atoms with E-state index < -0.39 is 29.6 Å². The van der Waals surface area contributed by atoms with Gasteiger partial charge in [0, 0.05) is 24.6 Å². The van der Waals surface area contributed by atoms with Crippen LogP contribution in [0.3, 0.4) is 0 Å². The molecule has 4 nitrogen and oxygen atoms in total. The molecule has 2 rings (SSSR count). The zero-order valence-corrected chi connectivity index (χ0v) is 10.3. The van der Waals surface area contributed by atoms with Gasteiger partial charge in [0.25, 0.3) is 0 Å². The van der Waals surface area contributed by atoms with Gasteiger partial charge < -0.3 is 10.0 Å². The van der Waals surface area contributed by atoms with Gasteiger partial charge in [-0.2, -0.15) is 0 Å². The molecule has 1 aliphatic rings. The Kier molecular flexibility index (Phi) is 3.50. The maximum Gasteiger partial charge on any atom is 0.308 e. The van der Waals surface area contributed by atoms with Gasteiger partial charge in [-0.25, -0.2) is 8.78 Å². The van der Waals surface area contributed by atoms with Crippen LogP contribution in [0.1, 0.15) is 24.9 Å². The average Bonchev–Trinajstić information content (AvgIpc) is 2.71. The van der Waals surface area contributed by atoms with E-state index in [0.717, 1.165) is 12.1 Å². The Morgan fingerprint density at radius 3 is 2.68 bits per heavy atom. The summed E-state index contributed by atoms with van der Waals surface area (Å²) in [6.07, 6.45) is -0.0809. The van der Waals surface area contributed by atoms with E-state index in [1.807, 2.05) is 0 Å². The lowest BCUT2D eigenvalue weighted by molar-refractivity contribution is -0.141. The third-order valence-corrected chi connectivity index (χ3v) is 3.39. The minimum absolute atomic E-state index is 0.0478. The van der Waals surface area contributed by atoms with Crippen LogP contribution in [0.2, 0.25) is 0 Å². The van der Waals surface area contributed by atoms with Gasteiger partial charge in [0.15, 0.2) is 0 Å². The maximum absolute atomic E-state index is 13.6. The molecule has 0 aliphatic carbocycles. The fourth-order valence-corrected chi connectivity index (χ4v) is 2.28.